The van der Waals surface area contributed by atoms with Crippen molar-refractivity contribution in [2.75, 3.05) is 5.32 Å². The summed E-state index contributed by atoms with van der Waals surface area (Å²) in [7, 11) is 0. The molecule has 2 amide bonds. The summed E-state index contributed by atoms with van der Waals surface area (Å²) in [5, 5.41) is 7.28. The van der Waals surface area contributed by atoms with Gasteiger partial charge in [0.1, 0.15) is 0 Å². The van der Waals surface area contributed by atoms with E-state index in [-0.39, 0.29) is 36.1 Å². The Hall–Kier alpha value is -2.66. The maximum Gasteiger partial charge on any atom is 0.230 e. The zero-order valence-electron chi connectivity index (χ0n) is 13.4. The first-order valence-electron chi connectivity index (χ1n) is 8.38. The van der Waals surface area contributed by atoms with E-state index >= 15 is 0 Å². The van der Waals surface area contributed by atoms with Gasteiger partial charge in [-0.1, -0.05) is 36.4 Å². The molecule has 3 unspecified atom stereocenters. The molecule has 0 bridgehead atoms. The highest BCUT2D eigenvalue weighted by molar-refractivity contribution is 7.19. The summed E-state index contributed by atoms with van der Waals surface area (Å²) in [5.74, 6) is -0.677. The Balaban J connectivity index is 1.62. The van der Waals surface area contributed by atoms with E-state index in [1.807, 2.05) is 30.3 Å². The molecule has 0 aliphatic carbocycles. The van der Waals surface area contributed by atoms with Gasteiger partial charge in [0.05, 0.1) is 12.0 Å². The molecule has 2 aromatic carbocycles. The molecular weight excluding hydrogens is 332 g/mol. The number of para-hydroxylation sites is 1. The molecule has 3 heterocycles. The van der Waals surface area contributed by atoms with Gasteiger partial charge in [0, 0.05) is 27.6 Å². The molecule has 5 rings (SSSR count). The van der Waals surface area contributed by atoms with Gasteiger partial charge in [0.25, 0.3) is 0 Å². The molecule has 1 saturated heterocycles. The Bertz CT molecular complexity index is 977. The minimum Gasteiger partial charge on any atom is -0.377 e. The number of nitrogens with one attached hydrogen (secondary N) is 2. The third kappa shape index (κ3) is 2.27. The van der Waals surface area contributed by atoms with E-state index in [1.54, 1.807) is 11.3 Å². The minimum atomic E-state index is -0.320. The largest absolute Gasteiger partial charge is 0.377 e. The van der Waals surface area contributed by atoms with Crippen molar-refractivity contribution in [2.45, 2.75) is 18.4 Å². The van der Waals surface area contributed by atoms with Crippen molar-refractivity contribution in [3.8, 4) is 0 Å². The van der Waals surface area contributed by atoms with Gasteiger partial charge in [0.2, 0.25) is 11.8 Å². The molecule has 124 valence electrons. The van der Waals surface area contributed by atoms with Crippen molar-refractivity contribution < 1.29 is 9.59 Å². The average Bonchev–Trinajstić information content (AvgIpc) is 3.28. The second kappa shape index (κ2) is 5.43. The predicted molar refractivity (Wildman–Crippen MR) is 98.6 cm³/mol. The van der Waals surface area contributed by atoms with E-state index in [1.165, 1.54) is 15.0 Å². The minimum absolute atomic E-state index is 0.0106. The maximum absolute atomic E-state index is 12.4. The van der Waals surface area contributed by atoms with Crippen molar-refractivity contribution in [3.63, 3.8) is 0 Å². The highest BCUT2D eigenvalue weighted by Crippen LogP contribution is 2.51. The fourth-order valence-corrected chi connectivity index (χ4v) is 5.24. The van der Waals surface area contributed by atoms with Gasteiger partial charge in [-0.25, -0.2) is 0 Å². The van der Waals surface area contributed by atoms with Gasteiger partial charge in [-0.2, -0.15) is 0 Å². The lowest BCUT2D eigenvalue weighted by molar-refractivity contribution is -0.126. The summed E-state index contributed by atoms with van der Waals surface area (Å²) >= 11 is 1.75. The molecule has 5 heteroatoms. The zero-order valence-corrected chi connectivity index (χ0v) is 14.2. The lowest BCUT2D eigenvalue weighted by atomic mass is 9.81. The number of hydrogen-bond acceptors (Lipinski definition) is 4. The first-order valence-corrected chi connectivity index (χ1v) is 9.20. The van der Waals surface area contributed by atoms with Crippen molar-refractivity contribution in [2.24, 2.45) is 5.92 Å². The standard InChI is InChI=1S/C20H16N2O2S/c23-17-10-13(20(24)22-17)18-12-6-2-3-7-14(12)21-19(18)16-9-11-5-1-4-8-15(11)25-16/h1-9,13,18-19,21H,10H2,(H,22,23,24). The third-order valence-corrected chi connectivity index (χ3v) is 6.38. The van der Waals surface area contributed by atoms with E-state index in [0.29, 0.717) is 0 Å². The van der Waals surface area contributed by atoms with Crippen LogP contribution in [-0.2, 0) is 9.59 Å². The van der Waals surface area contributed by atoms with Crippen LogP contribution in [-0.4, -0.2) is 11.8 Å². The highest BCUT2D eigenvalue weighted by atomic mass is 32.1. The number of amides is 2. The summed E-state index contributed by atoms with van der Waals surface area (Å²) in [5.41, 5.74) is 2.18. The number of benzene rings is 2. The molecule has 2 aliphatic heterocycles. The molecule has 0 radical (unpaired) electrons. The first kappa shape index (κ1) is 14.7. The van der Waals surface area contributed by atoms with Crippen LogP contribution in [0.15, 0.2) is 54.6 Å². The monoisotopic (exact) mass is 348 g/mol. The van der Waals surface area contributed by atoms with Gasteiger partial charge in [-0.3, -0.25) is 14.9 Å². The highest BCUT2D eigenvalue weighted by Gasteiger charge is 2.46. The summed E-state index contributed by atoms with van der Waals surface area (Å²) in [4.78, 5) is 25.3. The Morgan fingerprint density at radius 1 is 1.00 bits per heavy atom. The van der Waals surface area contributed by atoms with Crippen molar-refractivity contribution in [3.05, 3.63) is 65.0 Å². The second-order valence-corrected chi connectivity index (χ2v) is 7.76. The fraction of sp³-hybridized carbons (Fsp3) is 0.200. The summed E-state index contributed by atoms with van der Waals surface area (Å²) in [6, 6.07) is 18.6. The van der Waals surface area contributed by atoms with Crippen LogP contribution in [0.2, 0.25) is 0 Å². The molecular formula is C20H16N2O2S. The van der Waals surface area contributed by atoms with Crippen LogP contribution in [0.25, 0.3) is 10.1 Å². The van der Waals surface area contributed by atoms with Gasteiger partial charge < -0.3 is 5.32 Å². The summed E-state index contributed by atoms with van der Waals surface area (Å²) in [6.45, 7) is 0. The number of rotatable bonds is 2. The average molecular weight is 348 g/mol. The molecule has 3 atom stereocenters. The van der Waals surface area contributed by atoms with Crippen LogP contribution >= 0.6 is 11.3 Å². The Morgan fingerprint density at radius 3 is 2.60 bits per heavy atom. The van der Waals surface area contributed by atoms with E-state index in [2.05, 4.69) is 34.9 Å². The maximum atomic E-state index is 12.4. The van der Waals surface area contributed by atoms with E-state index in [9.17, 15) is 9.59 Å². The van der Waals surface area contributed by atoms with Gasteiger partial charge in [0.15, 0.2) is 0 Å². The molecule has 4 nitrogen and oxygen atoms in total. The molecule has 2 N–H and O–H groups in total. The van der Waals surface area contributed by atoms with Gasteiger partial charge in [-0.05, 0) is 29.1 Å². The van der Waals surface area contributed by atoms with Crippen molar-refractivity contribution in [1.29, 1.82) is 0 Å². The zero-order chi connectivity index (χ0) is 17.0. The van der Waals surface area contributed by atoms with E-state index < -0.39 is 0 Å². The Labute approximate surface area is 148 Å². The second-order valence-electron chi connectivity index (χ2n) is 6.64. The van der Waals surface area contributed by atoms with E-state index in [4.69, 9.17) is 0 Å². The van der Waals surface area contributed by atoms with E-state index in [0.717, 1.165) is 11.3 Å². The molecule has 3 aromatic rings. The van der Waals surface area contributed by atoms with Crippen LogP contribution in [0, 0.1) is 5.92 Å². The lowest BCUT2D eigenvalue weighted by Gasteiger charge is -2.23. The smallest absolute Gasteiger partial charge is 0.230 e. The van der Waals surface area contributed by atoms with Crippen LogP contribution in [0.3, 0.4) is 0 Å². The molecule has 1 aromatic heterocycles. The number of carbonyl (C=O) groups is 2. The Kier molecular flexibility index (Phi) is 3.18. The van der Waals surface area contributed by atoms with Crippen LogP contribution in [0.5, 0.6) is 0 Å². The molecule has 0 spiro atoms. The lowest BCUT2D eigenvalue weighted by Crippen LogP contribution is -2.27. The number of hydrogen-bond donors (Lipinski definition) is 2. The topological polar surface area (TPSA) is 58.2 Å². The van der Waals surface area contributed by atoms with Gasteiger partial charge in [-0.15, -0.1) is 11.3 Å². The van der Waals surface area contributed by atoms with Crippen LogP contribution in [0.1, 0.15) is 28.8 Å². The fourth-order valence-electron chi connectivity index (χ4n) is 4.07. The third-order valence-electron chi connectivity index (χ3n) is 5.18. The number of imide groups is 1. The van der Waals surface area contributed by atoms with Crippen LogP contribution in [0.4, 0.5) is 5.69 Å². The SMILES string of the molecule is O=C1CC(C2c3ccccc3NC2c2cc3ccccc3s2)C(=O)N1. The molecule has 0 saturated carbocycles. The summed E-state index contributed by atoms with van der Waals surface area (Å²) < 4.78 is 1.24. The molecule has 2 aliphatic rings. The number of anilines is 1. The number of carbonyl (C=O) groups excluding carboxylic acids is 2. The summed E-state index contributed by atoms with van der Waals surface area (Å²) in [6.07, 6.45) is 0.265. The first-order chi connectivity index (χ1) is 12.2. The van der Waals surface area contributed by atoms with Gasteiger partial charge >= 0.3 is 0 Å². The van der Waals surface area contributed by atoms with Crippen LogP contribution < -0.4 is 10.6 Å². The number of fused-ring (bicyclic) bond motifs is 2. The van der Waals surface area contributed by atoms with Crippen molar-refractivity contribution in [1.82, 2.24) is 5.32 Å². The normalized spacial score (nSPS) is 25.0. The Morgan fingerprint density at radius 2 is 1.80 bits per heavy atom. The molecule has 1 fully saturated rings. The number of thiophene rings is 1. The molecule has 25 heavy (non-hydrogen) atoms. The quantitative estimate of drug-likeness (QED) is 0.692. The van der Waals surface area contributed by atoms with Crippen molar-refractivity contribution >= 4 is 38.9 Å². The predicted octanol–water partition coefficient (Wildman–Crippen LogP) is 3.81.